The Morgan fingerprint density at radius 2 is 2.00 bits per heavy atom. The van der Waals surface area contributed by atoms with Crippen molar-refractivity contribution in [1.29, 1.82) is 5.26 Å². The van der Waals surface area contributed by atoms with Crippen LogP contribution in [0.5, 0.6) is 5.75 Å². The predicted octanol–water partition coefficient (Wildman–Crippen LogP) is 2.27. The number of nitriles is 1. The maximum atomic E-state index is 13.0. The first-order valence-corrected chi connectivity index (χ1v) is 7.74. The van der Waals surface area contributed by atoms with E-state index in [-0.39, 0.29) is 33.8 Å². The molecule has 1 atom stereocenters. The lowest BCUT2D eigenvalue weighted by Gasteiger charge is -2.24. The summed E-state index contributed by atoms with van der Waals surface area (Å²) in [4.78, 5) is 25.4. The van der Waals surface area contributed by atoms with E-state index < -0.39 is 11.5 Å². The van der Waals surface area contributed by atoms with Gasteiger partial charge in [0, 0.05) is 11.6 Å². The van der Waals surface area contributed by atoms with Gasteiger partial charge < -0.3 is 19.3 Å². The van der Waals surface area contributed by atoms with Crippen LogP contribution in [0.4, 0.5) is 0 Å². The Labute approximate surface area is 146 Å². The third-order valence-corrected chi connectivity index (χ3v) is 4.27. The molecule has 128 valence electrons. The minimum absolute atomic E-state index is 0.0452. The topological polar surface area (TPSA) is 119 Å². The van der Waals surface area contributed by atoms with Gasteiger partial charge in [-0.15, -0.1) is 0 Å². The number of nitrogens with two attached hydrogens (primary N) is 1. The summed E-state index contributed by atoms with van der Waals surface area (Å²) in [5.74, 6) is -0.705. The van der Waals surface area contributed by atoms with Gasteiger partial charge in [-0.25, -0.2) is 4.79 Å². The van der Waals surface area contributed by atoms with Crippen LogP contribution in [0.1, 0.15) is 22.8 Å². The number of para-hydroxylation sites is 1. The Morgan fingerprint density at radius 1 is 1.23 bits per heavy atom. The van der Waals surface area contributed by atoms with Crippen molar-refractivity contribution in [2.45, 2.75) is 12.8 Å². The van der Waals surface area contributed by atoms with E-state index >= 15 is 0 Å². The van der Waals surface area contributed by atoms with Crippen molar-refractivity contribution in [3.8, 4) is 11.8 Å². The first kappa shape index (κ1) is 15.7. The van der Waals surface area contributed by atoms with Gasteiger partial charge in [0.25, 0.3) is 0 Å². The molecule has 0 saturated carbocycles. The van der Waals surface area contributed by atoms with Crippen LogP contribution in [0.3, 0.4) is 0 Å². The molecule has 1 unspecified atom stereocenters. The van der Waals surface area contributed by atoms with E-state index in [0.717, 1.165) is 0 Å². The molecule has 3 heterocycles. The number of fused-ring (bicyclic) bond motifs is 2. The predicted molar refractivity (Wildman–Crippen MR) is 91.5 cm³/mol. The molecule has 1 aliphatic rings. The summed E-state index contributed by atoms with van der Waals surface area (Å²) in [5, 5.41) is 9.87. The van der Waals surface area contributed by atoms with Crippen molar-refractivity contribution < 1.29 is 13.6 Å². The summed E-state index contributed by atoms with van der Waals surface area (Å²) in [6.07, 6.45) is 1.24. The van der Waals surface area contributed by atoms with Crippen LogP contribution < -0.4 is 21.5 Å². The molecule has 0 saturated heterocycles. The second-order valence-electron chi connectivity index (χ2n) is 5.86. The minimum Gasteiger partial charge on any atom is -0.464 e. The molecule has 3 aromatic rings. The van der Waals surface area contributed by atoms with Crippen molar-refractivity contribution >= 4 is 11.0 Å². The summed E-state index contributed by atoms with van der Waals surface area (Å²) in [6, 6.07) is 10.1. The quantitative estimate of drug-likeness (QED) is 0.716. The molecular formula is C19H12N2O5. The van der Waals surface area contributed by atoms with Crippen LogP contribution in [-0.4, -0.2) is 0 Å². The standard InChI is InChI=1S/C19H12N2O5/c1-9-6-14-16(19(23)25-9)15(11(7-20)18(21)26-14)12-8-24-13-5-3-2-4-10(13)17(12)22/h2-6,8,15H,21H2,1H3. The molecule has 0 amide bonds. The Bertz CT molecular complexity index is 1240. The maximum Gasteiger partial charge on any atom is 0.343 e. The van der Waals surface area contributed by atoms with E-state index in [1.165, 1.54) is 12.3 Å². The number of hydrogen-bond acceptors (Lipinski definition) is 7. The molecule has 1 aromatic carbocycles. The molecule has 2 aromatic heterocycles. The van der Waals surface area contributed by atoms with Gasteiger partial charge in [-0.3, -0.25) is 4.79 Å². The summed E-state index contributed by atoms with van der Waals surface area (Å²) < 4.78 is 16.1. The molecule has 4 rings (SSSR count). The van der Waals surface area contributed by atoms with Gasteiger partial charge in [0.15, 0.2) is 5.43 Å². The van der Waals surface area contributed by atoms with Gasteiger partial charge in [-0.05, 0) is 19.1 Å². The van der Waals surface area contributed by atoms with Crippen LogP contribution in [0.15, 0.2) is 66.5 Å². The third kappa shape index (κ3) is 2.20. The first-order chi connectivity index (χ1) is 12.5. The number of nitrogens with zero attached hydrogens (tertiary/aromatic N) is 1. The summed E-state index contributed by atoms with van der Waals surface area (Å²) >= 11 is 0. The van der Waals surface area contributed by atoms with Crippen LogP contribution in [0.2, 0.25) is 0 Å². The molecule has 0 fully saturated rings. The highest BCUT2D eigenvalue weighted by atomic mass is 16.5. The maximum absolute atomic E-state index is 13.0. The van der Waals surface area contributed by atoms with E-state index in [4.69, 9.17) is 19.3 Å². The fraction of sp³-hybridized carbons (Fsp3) is 0.105. The average Bonchev–Trinajstić information content (AvgIpc) is 2.61. The second kappa shape index (κ2) is 5.63. The molecule has 1 aliphatic heterocycles. The van der Waals surface area contributed by atoms with Gasteiger partial charge in [0.1, 0.15) is 28.7 Å². The van der Waals surface area contributed by atoms with Crippen LogP contribution in [-0.2, 0) is 0 Å². The van der Waals surface area contributed by atoms with Crippen molar-refractivity contribution in [1.82, 2.24) is 0 Å². The summed E-state index contributed by atoms with van der Waals surface area (Å²) in [5.41, 5.74) is 5.33. The smallest absolute Gasteiger partial charge is 0.343 e. The van der Waals surface area contributed by atoms with Crippen LogP contribution in [0.25, 0.3) is 11.0 Å². The zero-order chi connectivity index (χ0) is 18.4. The van der Waals surface area contributed by atoms with Crippen molar-refractivity contribution in [3.63, 3.8) is 0 Å². The number of ether oxygens (including phenoxy) is 1. The SMILES string of the molecule is Cc1cc2c(c(=O)o1)C(c1coc3ccccc3c1=O)C(C#N)=C(N)O2. The van der Waals surface area contributed by atoms with Crippen LogP contribution >= 0.6 is 0 Å². The fourth-order valence-corrected chi connectivity index (χ4v) is 3.12. The zero-order valence-corrected chi connectivity index (χ0v) is 13.6. The lowest BCUT2D eigenvalue weighted by atomic mass is 9.84. The lowest BCUT2D eigenvalue weighted by molar-refractivity contribution is 0.371. The first-order valence-electron chi connectivity index (χ1n) is 7.74. The number of hydrogen-bond donors (Lipinski definition) is 1. The normalized spacial score (nSPS) is 16.1. The highest BCUT2D eigenvalue weighted by molar-refractivity contribution is 5.77. The van der Waals surface area contributed by atoms with E-state index in [0.29, 0.717) is 16.7 Å². The minimum atomic E-state index is -1.03. The Balaban J connectivity index is 2.08. The average molecular weight is 348 g/mol. The highest BCUT2D eigenvalue weighted by Gasteiger charge is 2.36. The number of allylic oxidation sites excluding steroid dienone is 1. The number of rotatable bonds is 1. The van der Waals surface area contributed by atoms with E-state index in [2.05, 4.69) is 0 Å². The fourth-order valence-electron chi connectivity index (χ4n) is 3.12. The van der Waals surface area contributed by atoms with Gasteiger partial charge in [-0.1, -0.05) is 12.1 Å². The largest absolute Gasteiger partial charge is 0.464 e. The number of benzene rings is 1. The van der Waals surface area contributed by atoms with Crippen molar-refractivity contribution in [2.75, 3.05) is 0 Å². The van der Waals surface area contributed by atoms with Gasteiger partial charge >= 0.3 is 5.63 Å². The molecule has 0 bridgehead atoms. The van der Waals surface area contributed by atoms with E-state index in [9.17, 15) is 14.9 Å². The molecule has 26 heavy (non-hydrogen) atoms. The molecule has 7 nitrogen and oxygen atoms in total. The van der Waals surface area contributed by atoms with Crippen molar-refractivity contribution in [2.24, 2.45) is 5.73 Å². The van der Waals surface area contributed by atoms with E-state index in [1.54, 1.807) is 31.2 Å². The zero-order valence-electron chi connectivity index (χ0n) is 13.6. The Hall–Kier alpha value is -3.79. The molecule has 2 N–H and O–H groups in total. The molecular weight excluding hydrogens is 336 g/mol. The number of aryl methyl sites for hydroxylation is 1. The third-order valence-electron chi connectivity index (χ3n) is 4.27. The second-order valence-corrected chi connectivity index (χ2v) is 5.86. The lowest BCUT2D eigenvalue weighted by Crippen LogP contribution is -2.29. The highest BCUT2D eigenvalue weighted by Crippen LogP contribution is 2.39. The Morgan fingerprint density at radius 3 is 2.77 bits per heavy atom. The van der Waals surface area contributed by atoms with Gasteiger partial charge in [0.2, 0.25) is 5.88 Å². The van der Waals surface area contributed by atoms with Crippen LogP contribution in [0, 0.1) is 18.3 Å². The summed E-state index contributed by atoms with van der Waals surface area (Å²) in [7, 11) is 0. The van der Waals surface area contributed by atoms with Crippen molar-refractivity contribution in [3.05, 3.63) is 85.6 Å². The van der Waals surface area contributed by atoms with Gasteiger partial charge in [0.05, 0.1) is 23.1 Å². The molecule has 0 aliphatic carbocycles. The van der Waals surface area contributed by atoms with Gasteiger partial charge in [-0.2, -0.15) is 5.26 Å². The van der Waals surface area contributed by atoms with E-state index in [1.807, 2.05) is 6.07 Å². The molecule has 7 heteroatoms. The molecule has 0 spiro atoms. The Kier molecular flexibility index (Phi) is 3.41. The summed E-state index contributed by atoms with van der Waals surface area (Å²) in [6.45, 7) is 1.59. The monoisotopic (exact) mass is 348 g/mol. The molecule has 0 radical (unpaired) electrons.